The van der Waals surface area contributed by atoms with Crippen LogP contribution in [-0.2, 0) is 20.2 Å². The van der Waals surface area contributed by atoms with Crippen LogP contribution in [0.25, 0.3) is 0 Å². The maximum Gasteiger partial charge on any atom is 0.312 e. The zero-order valence-electron chi connectivity index (χ0n) is 19.1. The largest absolute Gasteiger partial charge is 0.323 e. The molecule has 29 heavy (non-hydrogen) atoms. The Morgan fingerprint density at radius 2 is 1.38 bits per heavy atom. The third kappa shape index (κ3) is 6.61. The van der Waals surface area contributed by atoms with E-state index in [9.17, 15) is 0 Å². The van der Waals surface area contributed by atoms with Gasteiger partial charge in [-0.15, -0.1) is 12.3 Å². The lowest BCUT2D eigenvalue weighted by Gasteiger charge is -2.51. The van der Waals surface area contributed by atoms with Gasteiger partial charge >= 0.3 is 5.97 Å². The quantitative estimate of drug-likeness (QED) is 0.611. The van der Waals surface area contributed by atoms with Crippen molar-refractivity contribution in [3.63, 3.8) is 0 Å². The molecule has 3 heteroatoms. The number of rotatable bonds is 3. The molecule has 4 rings (SSSR count). The number of benzene rings is 1. The summed E-state index contributed by atoms with van der Waals surface area (Å²) in [6.07, 6.45) is 7.24. The lowest BCUT2D eigenvalue weighted by molar-refractivity contribution is -0.480. The van der Waals surface area contributed by atoms with Gasteiger partial charge in [-0.2, -0.15) is 0 Å². The monoisotopic (exact) mass is 396 g/mol. The van der Waals surface area contributed by atoms with E-state index in [2.05, 4.69) is 45.5 Å². The summed E-state index contributed by atoms with van der Waals surface area (Å²) in [5.74, 6) is 8.03. The van der Waals surface area contributed by atoms with Gasteiger partial charge in [0.1, 0.15) is 0 Å². The molecule has 3 nitrogen and oxygen atoms in total. The molecule has 0 saturated carbocycles. The second-order valence-electron chi connectivity index (χ2n) is 10.1. The number of hydrogen-bond donors (Lipinski definition) is 0. The van der Waals surface area contributed by atoms with Gasteiger partial charge in [0.05, 0.1) is 19.8 Å². The molecule has 3 fully saturated rings. The molecular formula is C26H36O3. The van der Waals surface area contributed by atoms with Crippen molar-refractivity contribution in [2.75, 3.05) is 19.8 Å². The molecule has 3 heterocycles. The predicted molar refractivity (Wildman–Crippen MR) is 118 cm³/mol. The lowest BCUT2D eigenvalue weighted by Crippen LogP contribution is -2.58. The van der Waals surface area contributed by atoms with Crippen LogP contribution < -0.4 is 0 Å². The van der Waals surface area contributed by atoms with Gasteiger partial charge in [-0.25, -0.2) is 0 Å². The molecule has 3 aliphatic heterocycles. The van der Waals surface area contributed by atoms with Gasteiger partial charge in [-0.05, 0) is 72.2 Å². The number of fused-ring (bicyclic) bond motifs is 3. The van der Waals surface area contributed by atoms with Crippen LogP contribution in [0.1, 0.15) is 72.4 Å². The Morgan fingerprint density at radius 3 is 1.76 bits per heavy atom. The molecule has 0 atom stereocenters. The van der Waals surface area contributed by atoms with Crippen LogP contribution in [0.4, 0.5) is 0 Å². The predicted octanol–water partition coefficient (Wildman–Crippen LogP) is 5.72. The van der Waals surface area contributed by atoms with Gasteiger partial charge in [0.2, 0.25) is 0 Å². The van der Waals surface area contributed by atoms with Gasteiger partial charge in [0.25, 0.3) is 0 Å². The van der Waals surface area contributed by atoms with E-state index in [1.807, 2.05) is 45.0 Å². The first-order valence-electron chi connectivity index (χ1n) is 10.5. The molecule has 0 aromatic heterocycles. The van der Waals surface area contributed by atoms with Crippen molar-refractivity contribution in [1.29, 1.82) is 0 Å². The molecule has 0 aliphatic carbocycles. The van der Waals surface area contributed by atoms with E-state index >= 15 is 0 Å². The van der Waals surface area contributed by atoms with Gasteiger partial charge < -0.3 is 14.2 Å². The summed E-state index contributed by atoms with van der Waals surface area (Å²) in [5, 5.41) is 0. The van der Waals surface area contributed by atoms with E-state index < -0.39 is 5.97 Å². The first kappa shape index (κ1) is 23.5. The van der Waals surface area contributed by atoms with E-state index in [-0.39, 0.29) is 16.2 Å². The van der Waals surface area contributed by atoms with Crippen LogP contribution in [0, 0.1) is 40.4 Å². The van der Waals surface area contributed by atoms with Gasteiger partial charge in [-0.3, -0.25) is 0 Å². The second-order valence-corrected chi connectivity index (χ2v) is 10.1. The fraction of sp³-hybridized carbons (Fsp3) is 0.615. The smallest absolute Gasteiger partial charge is 0.312 e. The third-order valence-corrected chi connectivity index (χ3v) is 4.74. The highest BCUT2D eigenvalue weighted by Gasteiger charge is 2.53. The molecule has 0 N–H and O–H groups in total. The Bertz CT molecular complexity index is 748. The van der Waals surface area contributed by atoms with Crippen molar-refractivity contribution >= 4 is 0 Å². The van der Waals surface area contributed by atoms with Crippen LogP contribution in [0.3, 0.4) is 0 Å². The second kappa shape index (κ2) is 8.93. The van der Waals surface area contributed by atoms with E-state index in [1.165, 1.54) is 0 Å². The maximum absolute atomic E-state index is 5.98. The van der Waals surface area contributed by atoms with Crippen molar-refractivity contribution in [3.05, 3.63) is 35.4 Å². The molecule has 0 unspecified atom stereocenters. The molecule has 3 saturated heterocycles. The van der Waals surface area contributed by atoms with Crippen LogP contribution >= 0.6 is 0 Å². The van der Waals surface area contributed by atoms with Gasteiger partial charge in [0.15, 0.2) is 0 Å². The highest BCUT2D eigenvalue weighted by atomic mass is 16.9. The van der Waals surface area contributed by atoms with Gasteiger partial charge in [0, 0.05) is 27.4 Å². The summed E-state index contributed by atoms with van der Waals surface area (Å²) in [6, 6.07) is 7.98. The van der Waals surface area contributed by atoms with Crippen molar-refractivity contribution in [2.45, 2.75) is 67.3 Å². The standard InChI is InChI=1S/C20H26O3.C6H10/c1-5-11-19-13-21-20(22-14-19,23-15-19)17-8-6-16(7-9-17)10-12-18(2,3)4;1-5-6(2,3)4/h6-9H,5,11,13-15H2,1-4H3;1H,2-4H3. The Kier molecular flexibility index (Phi) is 7.23. The average Bonchev–Trinajstić information content (AvgIpc) is 2.68. The maximum atomic E-state index is 5.98. The zero-order chi connectivity index (χ0) is 21.8. The van der Waals surface area contributed by atoms with E-state index in [4.69, 9.17) is 20.6 Å². The Morgan fingerprint density at radius 1 is 0.897 bits per heavy atom. The van der Waals surface area contributed by atoms with Crippen LogP contribution in [0.15, 0.2) is 24.3 Å². The number of terminal acetylenes is 1. The summed E-state index contributed by atoms with van der Waals surface area (Å²) in [7, 11) is 0. The average molecular weight is 397 g/mol. The Labute approximate surface area is 177 Å². The minimum atomic E-state index is -1.02. The highest BCUT2D eigenvalue weighted by molar-refractivity contribution is 5.38. The normalized spacial score (nSPS) is 25.9. The van der Waals surface area contributed by atoms with Crippen molar-refractivity contribution in [3.8, 4) is 24.2 Å². The fourth-order valence-electron chi connectivity index (χ4n) is 3.01. The van der Waals surface area contributed by atoms with Gasteiger partial charge in [-0.1, -0.05) is 25.2 Å². The minimum absolute atomic E-state index is 0.00202. The summed E-state index contributed by atoms with van der Waals surface area (Å²) in [5.41, 5.74) is 2.01. The Hall–Kier alpha value is -1.78. The third-order valence-electron chi connectivity index (χ3n) is 4.74. The zero-order valence-corrected chi connectivity index (χ0v) is 19.1. The highest BCUT2D eigenvalue weighted by Crippen LogP contribution is 2.46. The molecule has 3 aliphatic rings. The SMILES string of the molecule is C#CC(C)(C)C.CCCC12COC(c3ccc(C#CC(C)(C)C)cc3)(OC1)OC2. The first-order valence-corrected chi connectivity index (χ1v) is 10.5. The molecule has 1 aromatic carbocycles. The molecule has 2 bridgehead atoms. The van der Waals surface area contributed by atoms with Crippen LogP contribution in [0.2, 0.25) is 0 Å². The molecule has 0 amide bonds. The first-order chi connectivity index (χ1) is 13.4. The van der Waals surface area contributed by atoms with E-state index in [0.717, 1.165) is 24.0 Å². The molecule has 0 radical (unpaired) electrons. The number of ether oxygens (including phenoxy) is 3. The number of hydrogen-bond acceptors (Lipinski definition) is 3. The molecule has 158 valence electrons. The van der Waals surface area contributed by atoms with Crippen molar-refractivity contribution < 1.29 is 14.2 Å². The molecule has 0 spiro atoms. The summed E-state index contributed by atoms with van der Waals surface area (Å²) < 4.78 is 17.9. The molecule has 1 aromatic rings. The minimum Gasteiger partial charge on any atom is -0.323 e. The molecular weight excluding hydrogens is 360 g/mol. The summed E-state index contributed by atoms with van der Waals surface area (Å²) >= 11 is 0. The van der Waals surface area contributed by atoms with Crippen molar-refractivity contribution in [1.82, 2.24) is 0 Å². The van der Waals surface area contributed by atoms with Crippen LogP contribution in [0.5, 0.6) is 0 Å². The Balaban J connectivity index is 0.000000438. The lowest BCUT2D eigenvalue weighted by atomic mass is 9.83. The summed E-state index contributed by atoms with van der Waals surface area (Å²) in [6.45, 7) is 16.6. The van der Waals surface area contributed by atoms with Crippen LogP contribution in [-0.4, -0.2) is 19.8 Å². The fourth-order valence-corrected chi connectivity index (χ4v) is 3.01. The van der Waals surface area contributed by atoms with E-state index in [0.29, 0.717) is 19.8 Å². The van der Waals surface area contributed by atoms with Crippen molar-refractivity contribution in [2.24, 2.45) is 16.2 Å². The summed E-state index contributed by atoms with van der Waals surface area (Å²) in [4.78, 5) is 0. The van der Waals surface area contributed by atoms with E-state index in [1.54, 1.807) is 0 Å². The topological polar surface area (TPSA) is 27.7 Å².